The van der Waals surface area contributed by atoms with Crippen molar-refractivity contribution in [2.45, 2.75) is 50.6 Å². The molecule has 2 amide bonds. The van der Waals surface area contributed by atoms with Crippen LogP contribution in [0.5, 0.6) is 11.5 Å². The minimum Gasteiger partial charge on any atom is -0.497 e. The number of rotatable bonds is 15. The van der Waals surface area contributed by atoms with Crippen LogP contribution in [0.25, 0.3) is 0 Å². The van der Waals surface area contributed by atoms with Crippen LogP contribution in [-0.4, -0.2) is 58.5 Å². The van der Waals surface area contributed by atoms with Gasteiger partial charge in [-0.05, 0) is 66.9 Å². The lowest BCUT2D eigenvalue weighted by Crippen LogP contribution is -2.52. The van der Waals surface area contributed by atoms with Crippen molar-refractivity contribution in [1.29, 1.82) is 0 Å². The molecule has 0 spiro atoms. The van der Waals surface area contributed by atoms with Gasteiger partial charge in [-0.15, -0.1) is 0 Å². The minimum atomic E-state index is -4.15. The van der Waals surface area contributed by atoms with Crippen LogP contribution < -0.4 is 19.1 Å². The van der Waals surface area contributed by atoms with Crippen molar-refractivity contribution in [2.24, 2.45) is 0 Å². The molecule has 0 bridgehead atoms. The van der Waals surface area contributed by atoms with Crippen LogP contribution in [0.2, 0.25) is 0 Å². The number of methoxy groups -OCH3 is 2. The Morgan fingerprint density at radius 3 is 1.98 bits per heavy atom. The zero-order valence-corrected chi connectivity index (χ0v) is 24.9. The Balaban J connectivity index is 2.00. The average molecular weight is 582 g/mol. The van der Waals surface area contributed by atoms with Crippen LogP contribution in [-0.2, 0) is 26.2 Å². The zero-order chi connectivity index (χ0) is 29.8. The highest BCUT2D eigenvalue weighted by Crippen LogP contribution is 2.26. The SMILES string of the molecule is CCCCNC(=O)[C@H](CC)N(Cc1ccc(OC)cc1)C(=O)CN(c1ccccc1)S(=O)(=O)c1ccc(OC)cc1. The molecule has 3 aromatic rings. The summed E-state index contributed by atoms with van der Waals surface area (Å²) >= 11 is 0. The van der Waals surface area contributed by atoms with Crippen molar-refractivity contribution in [3.8, 4) is 11.5 Å². The maximum absolute atomic E-state index is 14.1. The van der Waals surface area contributed by atoms with E-state index >= 15 is 0 Å². The number of hydrogen-bond acceptors (Lipinski definition) is 6. The van der Waals surface area contributed by atoms with Gasteiger partial charge in [-0.1, -0.05) is 50.6 Å². The first-order chi connectivity index (χ1) is 19.7. The quantitative estimate of drug-likeness (QED) is 0.263. The molecule has 0 aromatic heterocycles. The molecule has 0 radical (unpaired) electrons. The molecular formula is C31H39N3O6S. The molecule has 41 heavy (non-hydrogen) atoms. The van der Waals surface area contributed by atoms with E-state index in [1.54, 1.807) is 61.7 Å². The molecule has 0 unspecified atom stereocenters. The second kappa shape index (κ2) is 15.1. The summed E-state index contributed by atoms with van der Waals surface area (Å²) in [6, 6.07) is 20.9. The van der Waals surface area contributed by atoms with E-state index in [1.807, 2.05) is 26.0 Å². The van der Waals surface area contributed by atoms with Crippen LogP contribution in [0, 0.1) is 0 Å². The van der Waals surface area contributed by atoms with Gasteiger partial charge in [-0.25, -0.2) is 8.42 Å². The first kappa shape index (κ1) is 31.5. The third kappa shape index (κ3) is 8.23. The molecule has 0 saturated heterocycles. The molecule has 0 saturated carbocycles. The Bertz CT molecular complexity index is 1360. The van der Waals surface area contributed by atoms with Crippen molar-refractivity contribution in [3.05, 3.63) is 84.4 Å². The highest BCUT2D eigenvalue weighted by molar-refractivity contribution is 7.92. The van der Waals surface area contributed by atoms with Crippen LogP contribution in [0.1, 0.15) is 38.7 Å². The van der Waals surface area contributed by atoms with E-state index in [2.05, 4.69) is 5.32 Å². The number of carbonyl (C=O) groups excluding carboxylic acids is 2. The van der Waals surface area contributed by atoms with Crippen LogP contribution in [0.15, 0.2) is 83.8 Å². The van der Waals surface area contributed by atoms with Gasteiger partial charge in [0.1, 0.15) is 24.1 Å². The molecule has 9 nitrogen and oxygen atoms in total. The number of unbranched alkanes of at least 4 members (excludes halogenated alkanes) is 1. The number of amides is 2. The first-order valence-electron chi connectivity index (χ1n) is 13.7. The first-order valence-corrected chi connectivity index (χ1v) is 15.1. The molecule has 0 aliphatic heterocycles. The normalized spacial score (nSPS) is 11.8. The lowest BCUT2D eigenvalue weighted by Gasteiger charge is -2.33. The van der Waals surface area contributed by atoms with Gasteiger partial charge in [-0.3, -0.25) is 13.9 Å². The number of sulfonamides is 1. The summed E-state index contributed by atoms with van der Waals surface area (Å²) < 4.78 is 39.3. The summed E-state index contributed by atoms with van der Waals surface area (Å²) in [4.78, 5) is 28.8. The number of anilines is 1. The Kier molecular flexibility index (Phi) is 11.6. The molecule has 0 aliphatic carbocycles. The van der Waals surface area contributed by atoms with Crippen LogP contribution in [0.4, 0.5) is 5.69 Å². The number of benzene rings is 3. The summed E-state index contributed by atoms with van der Waals surface area (Å²) in [7, 11) is -1.08. The van der Waals surface area contributed by atoms with E-state index < -0.39 is 28.5 Å². The van der Waals surface area contributed by atoms with Crippen LogP contribution >= 0.6 is 0 Å². The Labute approximate surface area is 243 Å². The molecule has 3 aromatic carbocycles. The smallest absolute Gasteiger partial charge is 0.264 e. The van der Waals surface area contributed by atoms with Crippen molar-refractivity contribution >= 4 is 27.5 Å². The third-order valence-corrected chi connectivity index (χ3v) is 8.49. The van der Waals surface area contributed by atoms with Crippen molar-refractivity contribution in [1.82, 2.24) is 10.2 Å². The Morgan fingerprint density at radius 1 is 0.854 bits per heavy atom. The monoisotopic (exact) mass is 581 g/mol. The van der Waals surface area contributed by atoms with Crippen LogP contribution in [0.3, 0.4) is 0 Å². The van der Waals surface area contributed by atoms with E-state index in [-0.39, 0.29) is 17.3 Å². The van der Waals surface area contributed by atoms with E-state index in [0.717, 1.165) is 22.7 Å². The van der Waals surface area contributed by atoms with E-state index in [0.29, 0.717) is 30.2 Å². The zero-order valence-electron chi connectivity index (χ0n) is 24.1. The molecule has 0 fully saturated rings. The number of nitrogens with one attached hydrogen (secondary N) is 1. The molecule has 3 rings (SSSR count). The third-order valence-electron chi connectivity index (χ3n) is 6.70. The molecule has 0 aliphatic rings. The van der Waals surface area contributed by atoms with Gasteiger partial charge in [0.2, 0.25) is 11.8 Å². The average Bonchev–Trinajstić information content (AvgIpc) is 3.00. The highest BCUT2D eigenvalue weighted by atomic mass is 32.2. The fraction of sp³-hybridized carbons (Fsp3) is 0.355. The fourth-order valence-corrected chi connectivity index (χ4v) is 5.77. The summed E-state index contributed by atoms with van der Waals surface area (Å²) in [6.07, 6.45) is 2.09. The largest absolute Gasteiger partial charge is 0.497 e. The standard InChI is InChI=1S/C31H39N3O6S/c1-5-7-21-32-31(36)29(6-2)33(22-24-13-15-26(39-3)16-14-24)30(35)23-34(25-11-9-8-10-12-25)41(37,38)28-19-17-27(40-4)18-20-28/h8-20,29H,5-7,21-23H2,1-4H3,(H,32,36)/t29-/m0/s1. The maximum Gasteiger partial charge on any atom is 0.264 e. The molecular weight excluding hydrogens is 542 g/mol. The number of ether oxygens (including phenoxy) is 2. The number of carbonyl (C=O) groups is 2. The number of nitrogens with zero attached hydrogens (tertiary/aromatic N) is 2. The maximum atomic E-state index is 14.1. The number of para-hydroxylation sites is 1. The van der Waals surface area contributed by atoms with Crippen molar-refractivity contribution in [3.63, 3.8) is 0 Å². The molecule has 1 atom stereocenters. The summed E-state index contributed by atoms with van der Waals surface area (Å²) in [6.45, 7) is 3.99. The molecule has 10 heteroatoms. The van der Waals surface area contributed by atoms with Gasteiger partial charge in [-0.2, -0.15) is 0 Å². The van der Waals surface area contributed by atoms with Gasteiger partial charge in [0, 0.05) is 13.1 Å². The lowest BCUT2D eigenvalue weighted by atomic mass is 10.1. The van der Waals surface area contributed by atoms with Gasteiger partial charge in [0.25, 0.3) is 10.0 Å². The predicted molar refractivity (Wildman–Crippen MR) is 160 cm³/mol. The highest BCUT2D eigenvalue weighted by Gasteiger charge is 2.33. The predicted octanol–water partition coefficient (Wildman–Crippen LogP) is 4.62. The van der Waals surface area contributed by atoms with Gasteiger partial charge >= 0.3 is 0 Å². The topological polar surface area (TPSA) is 105 Å². The summed E-state index contributed by atoms with van der Waals surface area (Å²) in [5.41, 5.74) is 1.12. The summed E-state index contributed by atoms with van der Waals surface area (Å²) in [5, 5.41) is 2.93. The second-order valence-corrected chi connectivity index (χ2v) is 11.3. The van der Waals surface area contributed by atoms with E-state index in [9.17, 15) is 18.0 Å². The molecule has 1 N–H and O–H groups in total. The minimum absolute atomic E-state index is 0.0148. The lowest BCUT2D eigenvalue weighted by molar-refractivity contribution is -0.140. The Morgan fingerprint density at radius 2 is 1.44 bits per heavy atom. The van der Waals surface area contributed by atoms with E-state index in [4.69, 9.17) is 9.47 Å². The van der Waals surface area contributed by atoms with Gasteiger partial charge in [0.15, 0.2) is 0 Å². The van der Waals surface area contributed by atoms with Gasteiger partial charge in [0.05, 0.1) is 24.8 Å². The Hall–Kier alpha value is -4.05. The van der Waals surface area contributed by atoms with Crippen molar-refractivity contribution < 1.29 is 27.5 Å². The fourth-order valence-electron chi connectivity index (χ4n) is 4.35. The van der Waals surface area contributed by atoms with Crippen molar-refractivity contribution in [2.75, 3.05) is 31.6 Å². The molecule has 0 heterocycles. The van der Waals surface area contributed by atoms with E-state index in [1.165, 1.54) is 24.1 Å². The second-order valence-electron chi connectivity index (χ2n) is 9.46. The molecule has 220 valence electrons. The summed E-state index contributed by atoms with van der Waals surface area (Å²) in [5.74, 6) is 0.403. The number of hydrogen-bond donors (Lipinski definition) is 1. The van der Waals surface area contributed by atoms with Gasteiger partial charge < -0.3 is 19.7 Å².